The molecule has 1 saturated heterocycles. The summed E-state index contributed by atoms with van der Waals surface area (Å²) in [5.74, 6) is -3.19. The lowest BCUT2D eigenvalue weighted by Crippen LogP contribution is -2.57. The standard InChI is InChI=1S/C25H20Br2Cl2N2O4/c1-11(22(32)12-5-3-2-4-6-12)30(23(33)14-8-7-13(28)9-17(14)29)31-24(34)18-15-10-16(19(18)25(31)35)21(27)20(15)26/h2-9,11,15-16,18-21H,10H2,1H3/t11-,15-,16-,18-,19+,20-,21+/m1/s1. The molecule has 182 valence electrons. The van der Waals surface area contributed by atoms with Gasteiger partial charge in [0.1, 0.15) is 6.04 Å². The quantitative estimate of drug-likeness (QED) is 0.249. The van der Waals surface area contributed by atoms with Gasteiger partial charge in [-0.2, -0.15) is 5.01 Å². The Kier molecular flexibility index (Phi) is 6.62. The number of nitrogens with zero attached hydrogens (tertiary/aromatic N) is 2. The lowest BCUT2D eigenvalue weighted by Gasteiger charge is -2.35. The average Bonchev–Trinajstić information content (AvgIpc) is 3.45. The topological polar surface area (TPSA) is 74.8 Å². The first-order valence-corrected chi connectivity index (χ1v) is 13.8. The van der Waals surface area contributed by atoms with Gasteiger partial charge in [0.05, 0.1) is 22.4 Å². The summed E-state index contributed by atoms with van der Waals surface area (Å²) in [5.41, 5.74) is 0.404. The van der Waals surface area contributed by atoms with Crippen molar-refractivity contribution in [3.63, 3.8) is 0 Å². The maximum Gasteiger partial charge on any atom is 0.275 e. The van der Waals surface area contributed by atoms with E-state index in [1.165, 1.54) is 25.1 Å². The molecule has 7 atom stereocenters. The van der Waals surface area contributed by atoms with Crippen molar-refractivity contribution in [1.82, 2.24) is 10.0 Å². The van der Waals surface area contributed by atoms with Crippen molar-refractivity contribution in [2.45, 2.75) is 29.0 Å². The predicted octanol–water partition coefficient (Wildman–Crippen LogP) is 5.40. The second kappa shape index (κ2) is 9.29. The van der Waals surface area contributed by atoms with Gasteiger partial charge in [-0.15, -0.1) is 0 Å². The Morgan fingerprint density at radius 3 is 2.09 bits per heavy atom. The number of benzene rings is 2. The molecule has 0 N–H and O–H groups in total. The summed E-state index contributed by atoms with van der Waals surface area (Å²) in [5, 5.41) is 2.28. The maximum atomic E-state index is 13.8. The second-order valence-electron chi connectivity index (χ2n) is 9.17. The van der Waals surface area contributed by atoms with Crippen LogP contribution in [0.2, 0.25) is 10.0 Å². The van der Waals surface area contributed by atoms with E-state index in [0.717, 1.165) is 16.4 Å². The molecule has 2 saturated carbocycles. The number of hydrazine groups is 1. The molecular formula is C25H20Br2Cl2N2O4. The molecule has 0 spiro atoms. The first-order valence-electron chi connectivity index (χ1n) is 11.2. The van der Waals surface area contributed by atoms with Crippen LogP contribution in [0.3, 0.4) is 0 Å². The summed E-state index contributed by atoms with van der Waals surface area (Å²) in [4.78, 5) is 54.8. The minimum absolute atomic E-state index is 0.0352. The van der Waals surface area contributed by atoms with Gasteiger partial charge in [-0.05, 0) is 43.4 Å². The summed E-state index contributed by atoms with van der Waals surface area (Å²) in [6, 6.07) is 11.6. The Hall–Kier alpha value is -1.74. The zero-order valence-electron chi connectivity index (χ0n) is 18.4. The highest BCUT2D eigenvalue weighted by Crippen LogP contribution is 2.60. The Balaban J connectivity index is 1.57. The lowest BCUT2D eigenvalue weighted by atomic mass is 9.81. The second-order valence-corrected chi connectivity index (χ2v) is 12.1. The van der Waals surface area contributed by atoms with Crippen LogP contribution in [0.4, 0.5) is 0 Å². The lowest BCUT2D eigenvalue weighted by molar-refractivity contribution is -0.157. The molecule has 10 heteroatoms. The minimum atomic E-state index is -1.14. The monoisotopic (exact) mass is 640 g/mol. The van der Waals surface area contributed by atoms with Crippen molar-refractivity contribution in [3.05, 3.63) is 69.7 Å². The molecule has 0 radical (unpaired) electrons. The van der Waals surface area contributed by atoms with Gasteiger partial charge < -0.3 is 0 Å². The molecule has 2 aliphatic carbocycles. The van der Waals surface area contributed by atoms with Crippen LogP contribution >= 0.6 is 55.1 Å². The van der Waals surface area contributed by atoms with Gasteiger partial charge in [0.15, 0.2) is 5.78 Å². The fraction of sp³-hybridized carbons (Fsp3) is 0.360. The summed E-state index contributed by atoms with van der Waals surface area (Å²) in [7, 11) is 0. The van der Waals surface area contributed by atoms with E-state index < -0.39 is 41.4 Å². The molecule has 3 fully saturated rings. The summed E-state index contributed by atoms with van der Waals surface area (Å²) >= 11 is 19.7. The molecule has 3 amide bonds. The van der Waals surface area contributed by atoms with Gasteiger partial charge >= 0.3 is 0 Å². The molecule has 0 unspecified atom stereocenters. The Labute approximate surface area is 229 Å². The number of rotatable bonds is 5. The van der Waals surface area contributed by atoms with Gasteiger partial charge in [-0.3, -0.25) is 19.2 Å². The van der Waals surface area contributed by atoms with Crippen molar-refractivity contribution in [2.75, 3.05) is 0 Å². The maximum absolute atomic E-state index is 13.8. The van der Waals surface area contributed by atoms with Crippen LogP contribution in [0.15, 0.2) is 48.5 Å². The van der Waals surface area contributed by atoms with E-state index in [2.05, 4.69) is 31.9 Å². The third-order valence-electron chi connectivity index (χ3n) is 7.35. The highest BCUT2D eigenvalue weighted by molar-refractivity contribution is 9.12. The van der Waals surface area contributed by atoms with Gasteiger partial charge in [0.2, 0.25) is 0 Å². The molecule has 2 aromatic rings. The molecule has 5 rings (SSSR count). The third-order valence-corrected chi connectivity index (χ3v) is 11.1. The van der Waals surface area contributed by atoms with E-state index in [1.54, 1.807) is 30.3 Å². The number of hydrogen-bond acceptors (Lipinski definition) is 4. The molecule has 35 heavy (non-hydrogen) atoms. The van der Waals surface area contributed by atoms with Crippen molar-refractivity contribution in [1.29, 1.82) is 0 Å². The summed E-state index contributed by atoms with van der Waals surface area (Å²) < 4.78 is 0. The molecule has 2 bridgehead atoms. The zero-order chi connectivity index (χ0) is 25.2. The first kappa shape index (κ1) is 24.9. The van der Waals surface area contributed by atoms with E-state index in [9.17, 15) is 19.2 Å². The number of Topliss-reactive ketones (excluding diaryl/α,β-unsaturated/α-hetero) is 1. The molecule has 1 aliphatic heterocycles. The van der Waals surface area contributed by atoms with E-state index in [0.29, 0.717) is 10.6 Å². The van der Waals surface area contributed by atoms with Crippen LogP contribution in [0.5, 0.6) is 0 Å². The van der Waals surface area contributed by atoms with E-state index in [4.69, 9.17) is 23.2 Å². The van der Waals surface area contributed by atoms with E-state index in [1.807, 2.05) is 0 Å². The predicted molar refractivity (Wildman–Crippen MR) is 139 cm³/mol. The van der Waals surface area contributed by atoms with Crippen LogP contribution in [0.1, 0.15) is 34.1 Å². The van der Waals surface area contributed by atoms with Crippen molar-refractivity contribution in [3.8, 4) is 0 Å². The van der Waals surface area contributed by atoms with E-state index >= 15 is 0 Å². The number of carbonyl (C=O) groups excluding carboxylic acids is 4. The first-order chi connectivity index (χ1) is 16.6. The molecule has 6 nitrogen and oxygen atoms in total. The highest BCUT2D eigenvalue weighted by atomic mass is 79.9. The van der Waals surface area contributed by atoms with Crippen LogP contribution < -0.4 is 0 Å². The summed E-state index contributed by atoms with van der Waals surface area (Å²) in [6.07, 6.45) is 0.752. The largest absolute Gasteiger partial charge is 0.292 e. The van der Waals surface area contributed by atoms with E-state index in [-0.39, 0.29) is 32.1 Å². The van der Waals surface area contributed by atoms with Crippen molar-refractivity contribution in [2.24, 2.45) is 23.7 Å². The fourth-order valence-electron chi connectivity index (χ4n) is 5.73. The zero-order valence-corrected chi connectivity index (χ0v) is 23.1. The molecule has 1 heterocycles. The number of ketones is 1. The van der Waals surface area contributed by atoms with Gasteiger partial charge in [-0.25, -0.2) is 5.01 Å². The number of alkyl halides is 2. The van der Waals surface area contributed by atoms with Crippen molar-refractivity contribution < 1.29 is 19.2 Å². The highest BCUT2D eigenvalue weighted by Gasteiger charge is 2.68. The van der Waals surface area contributed by atoms with Crippen LogP contribution in [0.25, 0.3) is 0 Å². The summed E-state index contributed by atoms with van der Waals surface area (Å²) in [6.45, 7) is 1.51. The number of halogens is 4. The third kappa shape index (κ3) is 3.88. The van der Waals surface area contributed by atoms with Crippen LogP contribution in [-0.2, 0) is 9.59 Å². The molecule has 0 aromatic heterocycles. The average molecular weight is 643 g/mol. The number of hydrogen-bond donors (Lipinski definition) is 0. The van der Waals surface area contributed by atoms with Crippen molar-refractivity contribution >= 4 is 78.6 Å². The van der Waals surface area contributed by atoms with Crippen LogP contribution in [0, 0.1) is 23.7 Å². The Bertz CT molecular complexity index is 1210. The molecule has 3 aliphatic rings. The smallest absolute Gasteiger partial charge is 0.275 e. The molecule has 2 aromatic carbocycles. The Morgan fingerprint density at radius 1 is 0.971 bits per heavy atom. The minimum Gasteiger partial charge on any atom is -0.292 e. The van der Waals surface area contributed by atoms with Gasteiger partial charge in [0, 0.05) is 20.2 Å². The van der Waals surface area contributed by atoms with Gasteiger partial charge in [0.25, 0.3) is 17.7 Å². The van der Waals surface area contributed by atoms with Gasteiger partial charge in [-0.1, -0.05) is 85.4 Å². The van der Waals surface area contributed by atoms with Crippen LogP contribution in [-0.4, -0.2) is 49.2 Å². The number of fused-ring (bicyclic) bond motifs is 5. The number of amides is 3. The number of carbonyl (C=O) groups is 4. The molecular weight excluding hydrogens is 623 g/mol. The Morgan fingerprint density at radius 2 is 1.54 bits per heavy atom. The number of imide groups is 1. The fourth-order valence-corrected chi connectivity index (χ4v) is 8.09. The SMILES string of the molecule is C[C@H](C(=O)c1ccccc1)N(C(=O)c1ccc(Cl)cc1Cl)N1C(=O)[C@@H]2[C@H]3C[C@@H]([C@H](Br)[C@@H]3Br)[C@@H]2C1=O. The normalized spacial score (nSPS) is 29.9.